The molecule has 0 atom stereocenters. The number of rotatable bonds is 5. The molecule has 0 saturated heterocycles. The minimum Gasteiger partial charge on any atom is -0.369 e. The van der Waals surface area contributed by atoms with E-state index in [1.807, 2.05) is 11.8 Å². The molecule has 1 aromatic carbocycles. The minimum atomic E-state index is -0.327. The summed E-state index contributed by atoms with van der Waals surface area (Å²) in [5.41, 5.74) is 0.948. The van der Waals surface area contributed by atoms with Gasteiger partial charge in [-0.3, -0.25) is 4.79 Å². The number of aldehydes is 1. The normalized spacial score (nSPS) is 10.6. The smallest absolute Gasteiger partial charge is 0.150 e. The van der Waals surface area contributed by atoms with E-state index < -0.39 is 0 Å². The van der Waals surface area contributed by atoms with Crippen molar-refractivity contribution in [2.45, 2.75) is 20.8 Å². The largest absolute Gasteiger partial charge is 0.369 e. The molecular weight excluding hydrogens is 205 g/mol. The molecular formula is C13H18FNO. The molecule has 0 N–H and O–H groups in total. The van der Waals surface area contributed by atoms with Gasteiger partial charge in [-0.05, 0) is 31.0 Å². The third-order valence-corrected chi connectivity index (χ3v) is 2.42. The average molecular weight is 223 g/mol. The number of hydrogen-bond donors (Lipinski definition) is 0. The number of anilines is 1. The summed E-state index contributed by atoms with van der Waals surface area (Å²) in [6, 6.07) is 4.60. The molecule has 0 aliphatic heterocycles. The molecule has 2 nitrogen and oxygen atoms in total. The summed E-state index contributed by atoms with van der Waals surface area (Å²) in [6.07, 6.45) is 0.658. The van der Waals surface area contributed by atoms with Crippen LogP contribution in [0.5, 0.6) is 0 Å². The molecule has 1 aromatic rings. The molecule has 0 saturated carbocycles. The van der Waals surface area contributed by atoms with Crippen LogP contribution in [-0.4, -0.2) is 19.4 Å². The van der Waals surface area contributed by atoms with Crippen LogP contribution in [0.15, 0.2) is 18.2 Å². The zero-order valence-corrected chi connectivity index (χ0v) is 10.0. The van der Waals surface area contributed by atoms with Crippen molar-refractivity contribution in [3.8, 4) is 0 Å². The van der Waals surface area contributed by atoms with Gasteiger partial charge in [-0.2, -0.15) is 0 Å². The second-order valence-corrected chi connectivity index (χ2v) is 4.26. The van der Waals surface area contributed by atoms with Crippen LogP contribution < -0.4 is 4.90 Å². The van der Waals surface area contributed by atoms with Crippen molar-refractivity contribution < 1.29 is 9.18 Å². The lowest BCUT2D eigenvalue weighted by molar-refractivity contribution is 0.112. The van der Waals surface area contributed by atoms with E-state index >= 15 is 0 Å². The summed E-state index contributed by atoms with van der Waals surface area (Å²) < 4.78 is 13.7. The van der Waals surface area contributed by atoms with Gasteiger partial charge in [-0.1, -0.05) is 13.8 Å². The van der Waals surface area contributed by atoms with Gasteiger partial charge in [-0.15, -0.1) is 0 Å². The van der Waals surface area contributed by atoms with E-state index in [1.54, 1.807) is 12.1 Å². The number of nitrogens with zero attached hydrogens (tertiary/aromatic N) is 1. The molecule has 0 aliphatic rings. The van der Waals surface area contributed by atoms with E-state index in [0.717, 1.165) is 13.1 Å². The molecule has 0 unspecified atom stereocenters. The first-order chi connectivity index (χ1) is 7.58. The van der Waals surface area contributed by atoms with Crippen LogP contribution in [0.1, 0.15) is 31.1 Å². The second kappa shape index (κ2) is 5.64. The molecule has 0 amide bonds. The van der Waals surface area contributed by atoms with Crippen molar-refractivity contribution in [3.63, 3.8) is 0 Å². The van der Waals surface area contributed by atoms with Crippen LogP contribution in [0.2, 0.25) is 0 Å². The van der Waals surface area contributed by atoms with E-state index in [0.29, 0.717) is 23.5 Å². The summed E-state index contributed by atoms with van der Waals surface area (Å²) in [6.45, 7) is 7.76. The van der Waals surface area contributed by atoms with E-state index in [1.165, 1.54) is 6.07 Å². The fraction of sp³-hybridized carbons (Fsp3) is 0.462. The fourth-order valence-corrected chi connectivity index (χ4v) is 1.69. The Labute approximate surface area is 96.1 Å². The van der Waals surface area contributed by atoms with E-state index in [9.17, 15) is 9.18 Å². The zero-order chi connectivity index (χ0) is 12.1. The molecule has 0 aliphatic carbocycles. The van der Waals surface area contributed by atoms with Gasteiger partial charge >= 0.3 is 0 Å². The maximum absolute atomic E-state index is 13.7. The van der Waals surface area contributed by atoms with Crippen LogP contribution in [0.3, 0.4) is 0 Å². The van der Waals surface area contributed by atoms with Crippen LogP contribution in [0, 0.1) is 11.7 Å². The Balaban J connectivity index is 2.96. The number of carbonyl (C=O) groups is 1. The first-order valence-electron chi connectivity index (χ1n) is 5.58. The Bertz CT molecular complexity index is 363. The highest BCUT2D eigenvalue weighted by atomic mass is 19.1. The minimum absolute atomic E-state index is 0.327. The Morgan fingerprint density at radius 1 is 1.44 bits per heavy atom. The summed E-state index contributed by atoms with van der Waals surface area (Å²) in [7, 11) is 0. The molecule has 1 rings (SSSR count). The molecule has 88 valence electrons. The molecule has 3 heteroatoms. The van der Waals surface area contributed by atoms with Gasteiger partial charge in [0.25, 0.3) is 0 Å². The highest BCUT2D eigenvalue weighted by Gasteiger charge is 2.11. The monoisotopic (exact) mass is 223 g/mol. The van der Waals surface area contributed by atoms with E-state index in [-0.39, 0.29) is 5.82 Å². The average Bonchev–Trinajstić information content (AvgIpc) is 2.25. The predicted octanol–water partition coefficient (Wildman–Crippen LogP) is 3.12. The first kappa shape index (κ1) is 12.7. The van der Waals surface area contributed by atoms with Crippen molar-refractivity contribution in [1.82, 2.24) is 0 Å². The highest BCUT2D eigenvalue weighted by Crippen LogP contribution is 2.20. The first-order valence-corrected chi connectivity index (χ1v) is 5.58. The highest BCUT2D eigenvalue weighted by molar-refractivity contribution is 5.75. The summed E-state index contributed by atoms with van der Waals surface area (Å²) >= 11 is 0. The van der Waals surface area contributed by atoms with Gasteiger partial charge < -0.3 is 4.90 Å². The molecule has 0 bridgehead atoms. The van der Waals surface area contributed by atoms with Gasteiger partial charge in [0.05, 0.1) is 5.69 Å². The summed E-state index contributed by atoms with van der Waals surface area (Å²) in [5, 5.41) is 0. The molecule has 0 spiro atoms. The van der Waals surface area contributed by atoms with Gasteiger partial charge in [0.2, 0.25) is 0 Å². The summed E-state index contributed by atoms with van der Waals surface area (Å²) in [5.74, 6) is 0.150. The van der Waals surface area contributed by atoms with Crippen molar-refractivity contribution in [2.24, 2.45) is 5.92 Å². The number of benzene rings is 1. The predicted molar refractivity (Wildman–Crippen MR) is 64.5 cm³/mol. The Morgan fingerprint density at radius 3 is 2.56 bits per heavy atom. The van der Waals surface area contributed by atoms with Crippen LogP contribution >= 0.6 is 0 Å². The zero-order valence-electron chi connectivity index (χ0n) is 10.0. The molecule has 0 aromatic heterocycles. The van der Waals surface area contributed by atoms with Crippen molar-refractivity contribution in [1.29, 1.82) is 0 Å². The summed E-state index contributed by atoms with van der Waals surface area (Å²) in [4.78, 5) is 12.5. The lowest BCUT2D eigenvalue weighted by atomic mass is 10.1. The standard InChI is InChI=1S/C13H18FNO/c1-4-15(8-10(2)3)13-6-5-11(9-16)7-12(13)14/h5-7,9-10H,4,8H2,1-3H3. The van der Waals surface area contributed by atoms with Crippen LogP contribution in [-0.2, 0) is 0 Å². The molecule has 0 fully saturated rings. The Hall–Kier alpha value is -1.38. The van der Waals surface area contributed by atoms with Gasteiger partial charge in [0.15, 0.2) is 0 Å². The lowest BCUT2D eigenvalue weighted by Gasteiger charge is -2.25. The quantitative estimate of drug-likeness (QED) is 0.715. The SMILES string of the molecule is CCN(CC(C)C)c1ccc(C=O)cc1F. The molecule has 0 heterocycles. The number of carbonyl (C=O) groups excluding carboxylic acids is 1. The van der Waals surface area contributed by atoms with E-state index in [4.69, 9.17) is 0 Å². The second-order valence-electron chi connectivity index (χ2n) is 4.26. The van der Waals surface area contributed by atoms with Crippen molar-refractivity contribution in [3.05, 3.63) is 29.6 Å². The van der Waals surface area contributed by atoms with E-state index in [2.05, 4.69) is 13.8 Å². The Morgan fingerprint density at radius 2 is 2.12 bits per heavy atom. The van der Waals surface area contributed by atoms with Crippen LogP contribution in [0.25, 0.3) is 0 Å². The van der Waals surface area contributed by atoms with Crippen LogP contribution in [0.4, 0.5) is 10.1 Å². The van der Waals surface area contributed by atoms with Crippen molar-refractivity contribution in [2.75, 3.05) is 18.0 Å². The lowest BCUT2D eigenvalue weighted by Crippen LogP contribution is -2.28. The van der Waals surface area contributed by atoms with Gasteiger partial charge in [0, 0.05) is 18.7 Å². The topological polar surface area (TPSA) is 20.3 Å². The van der Waals surface area contributed by atoms with Gasteiger partial charge in [-0.25, -0.2) is 4.39 Å². The number of hydrogen-bond acceptors (Lipinski definition) is 2. The third kappa shape index (κ3) is 3.05. The fourth-order valence-electron chi connectivity index (χ4n) is 1.69. The van der Waals surface area contributed by atoms with Crippen molar-refractivity contribution >= 4 is 12.0 Å². The maximum atomic E-state index is 13.7. The van der Waals surface area contributed by atoms with Gasteiger partial charge in [0.1, 0.15) is 12.1 Å². The Kier molecular flexibility index (Phi) is 4.47. The molecule has 16 heavy (non-hydrogen) atoms. The molecule has 0 radical (unpaired) electrons. The third-order valence-electron chi connectivity index (χ3n) is 2.42. The number of halogens is 1. The maximum Gasteiger partial charge on any atom is 0.150 e.